The Kier molecular flexibility index (Phi) is 5.54. The fourth-order valence-electron chi connectivity index (χ4n) is 3.17. The van der Waals surface area contributed by atoms with Gasteiger partial charge in [0, 0.05) is 30.4 Å². The van der Waals surface area contributed by atoms with Gasteiger partial charge in [-0.3, -0.25) is 4.79 Å². The Labute approximate surface area is 150 Å². The molecule has 3 rings (SSSR count). The number of ether oxygens (including phenoxy) is 1. The van der Waals surface area contributed by atoms with Gasteiger partial charge in [-0.05, 0) is 24.6 Å². The van der Waals surface area contributed by atoms with Crippen molar-refractivity contribution >= 4 is 43.8 Å². The summed E-state index contributed by atoms with van der Waals surface area (Å²) in [6.45, 7) is 5.68. The molecule has 2 aliphatic heterocycles. The summed E-state index contributed by atoms with van der Waals surface area (Å²) in [4.78, 5) is 13.7. The van der Waals surface area contributed by atoms with Crippen LogP contribution in [0, 0.1) is 11.6 Å². The van der Waals surface area contributed by atoms with Gasteiger partial charge < -0.3 is 19.0 Å². The number of carbonyl (C=O) groups excluding carboxylic acids is 1. The summed E-state index contributed by atoms with van der Waals surface area (Å²) in [5.41, 5.74) is 0.181. The molecule has 5 nitrogen and oxygen atoms in total. The van der Waals surface area contributed by atoms with E-state index in [0.717, 1.165) is 17.8 Å². The van der Waals surface area contributed by atoms with E-state index in [2.05, 4.69) is 0 Å². The van der Waals surface area contributed by atoms with Gasteiger partial charge >= 0.3 is 7.12 Å². The standard InChI is InChI=1S/C15H20BF2NO4SSi/c1-25(2)15-10(16(21)23-25)9-11(17)14(13(15)18)24-8-3-12(20)19-4-6-22-7-5-19/h9,21H,3-8H2,1-2H3. The van der Waals surface area contributed by atoms with E-state index in [-0.39, 0.29) is 28.4 Å². The van der Waals surface area contributed by atoms with E-state index < -0.39 is 27.1 Å². The maximum atomic E-state index is 14.9. The highest BCUT2D eigenvalue weighted by Crippen LogP contribution is 2.28. The molecule has 0 radical (unpaired) electrons. The molecular weight excluding hydrogens is 367 g/mol. The third-order valence-corrected chi connectivity index (χ3v) is 8.00. The van der Waals surface area contributed by atoms with Gasteiger partial charge in [-0.25, -0.2) is 8.78 Å². The second-order valence-corrected chi connectivity index (χ2v) is 11.4. The molecular formula is C15H20BF2NO4SSi. The number of fused-ring (bicyclic) bond motifs is 1. The van der Waals surface area contributed by atoms with Gasteiger partial charge in [-0.15, -0.1) is 11.8 Å². The number of hydrogen-bond donors (Lipinski definition) is 1. The molecule has 136 valence electrons. The van der Waals surface area contributed by atoms with Crippen molar-refractivity contribution in [1.82, 2.24) is 4.90 Å². The van der Waals surface area contributed by atoms with E-state index in [4.69, 9.17) is 9.08 Å². The maximum absolute atomic E-state index is 14.9. The second-order valence-electron chi connectivity index (χ2n) is 6.54. The minimum atomic E-state index is -2.60. The van der Waals surface area contributed by atoms with E-state index in [0.29, 0.717) is 31.5 Å². The van der Waals surface area contributed by atoms with Gasteiger partial charge in [0.25, 0.3) is 0 Å². The van der Waals surface area contributed by atoms with Gasteiger partial charge in [-0.1, -0.05) is 0 Å². The Hall–Kier alpha value is -0.938. The number of hydrogen-bond acceptors (Lipinski definition) is 5. The lowest BCUT2D eigenvalue weighted by molar-refractivity contribution is -0.134. The maximum Gasteiger partial charge on any atom is 0.480 e. The van der Waals surface area contributed by atoms with Gasteiger partial charge in [-0.2, -0.15) is 0 Å². The molecule has 1 aromatic rings. The molecule has 1 amide bonds. The molecule has 0 bridgehead atoms. The first-order chi connectivity index (χ1) is 11.8. The lowest BCUT2D eigenvalue weighted by atomic mass is 9.80. The van der Waals surface area contributed by atoms with Crippen LogP contribution in [0.3, 0.4) is 0 Å². The average molecular weight is 387 g/mol. The van der Waals surface area contributed by atoms with Crippen LogP contribution in [0.25, 0.3) is 0 Å². The summed E-state index contributed by atoms with van der Waals surface area (Å²) in [5, 5.41) is 10.2. The first kappa shape index (κ1) is 18.8. The van der Waals surface area contributed by atoms with Crippen LogP contribution in [0.5, 0.6) is 0 Å². The summed E-state index contributed by atoms with van der Waals surface area (Å²) in [6, 6.07) is 1.15. The Morgan fingerprint density at radius 1 is 1.40 bits per heavy atom. The lowest BCUT2D eigenvalue weighted by Crippen LogP contribution is -2.46. The van der Waals surface area contributed by atoms with Crippen molar-refractivity contribution in [2.45, 2.75) is 24.4 Å². The van der Waals surface area contributed by atoms with Crippen molar-refractivity contribution in [1.29, 1.82) is 0 Å². The fourth-order valence-corrected chi connectivity index (χ4v) is 6.52. The monoisotopic (exact) mass is 387 g/mol. The van der Waals surface area contributed by atoms with Gasteiger partial charge in [0.15, 0.2) is 0 Å². The van der Waals surface area contributed by atoms with Crippen LogP contribution in [-0.2, 0) is 13.9 Å². The predicted molar refractivity (Wildman–Crippen MR) is 94.9 cm³/mol. The van der Waals surface area contributed by atoms with E-state index >= 15 is 0 Å². The first-order valence-corrected chi connectivity index (χ1v) is 12.1. The van der Waals surface area contributed by atoms with Crippen molar-refractivity contribution in [3.05, 3.63) is 17.7 Å². The number of thioether (sulfide) groups is 1. The average Bonchev–Trinajstić information content (AvgIpc) is 2.79. The Morgan fingerprint density at radius 3 is 2.76 bits per heavy atom. The topological polar surface area (TPSA) is 59.0 Å². The molecule has 1 saturated heterocycles. The van der Waals surface area contributed by atoms with Crippen LogP contribution in [0.4, 0.5) is 8.78 Å². The molecule has 1 fully saturated rings. The normalized spacial score (nSPS) is 19.2. The highest BCUT2D eigenvalue weighted by atomic mass is 32.2. The molecule has 1 aromatic carbocycles. The van der Waals surface area contributed by atoms with Gasteiger partial charge in [0.1, 0.15) is 11.6 Å². The Balaban J connectivity index is 1.70. The van der Waals surface area contributed by atoms with Crippen molar-refractivity contribution in [2.75, 3.05) is 32.1 Å². The minimum Gasteiger partial charge on any atom is -0.446 e. The third-order valence-electron chi connectivity index (χ3n) is 4.41. The molecule has 0 saturated carbocycles. The number of halogens is 2. The van der Waals surface area contributed by atoms with Gasteiger partial charge in [0.2, 0.25) is 14.2 Å². The molecule has 1 N–H and O–H groups in total. The number of nitrogens with zero attached hydrogens (tertiary/aromatic N) is 1. The second kappa shape index (κ2) is 7.36. The smallest absolute Gasteiger partial charge is 0.446 e. The van der Waals surface area contributed by atoms with E-state index in [9.17, 15) is 18.6 Å². The van der Waals surface area contributed by atoms with Crippen molar-refractivity contribution in [3.8, 4) is 0 Å². The number of carbonyl (C=O) groups is 1. The quantitative estimate of drug-likeness (QED) is 0.600. The van der Waals surface area contributed by atoms with Crippen LogP contribution < -0.4 is 10.6 Å². The molecule has 2 heterocycles. The SMILES string of the molecule is C[Si]1(C)OB(O)c2cc(F)c(SCCC(=O)N3CCOCC3)c(F)c21. The van der Waals surface area contributed by atoms with Crippen molar-refractivity contribution in [2.24, 2.45) is 0 Å². The third kappa shape index (κ3) is 3.77. The van der Waals surface area contributed by atoms with Crippen LogP contribution in [-0.4, -0.2) is 63.3 Å². The highest BCUT2D eigenvalue weighted by Gasteiger charge is 2.46. The summed E-state index contributed by atoms with van der Waals surface area (Å²) in [6.07, 6.45) is 0.209. The molecule has 0 unspecified atom stereocenters. The van der Waals surface area contributed by atoms with Crippen LogP contribution >= 0.6 is 11.8 Å². The van der Waals surface area contributed by atoms with Crippen molar-refractivity contribution in [3.63, 3.8) is 0 Å². The van der Waals surface area contributed by atoms with Crippen molar-refractivity contribution < 1.29 is 27.7 Å². The van der Waals surface area contributed by atoms with Crippen LogP contribution in [0.2, 0.25) is 13.1 Å². The zero-order valence-electron chi connectivity index (χ0n) is 14.2. The number of rotatable bonds is 4. The zero-order chi connectivity index (χ0) is 18.2. The highest BCUT2D eigenvalue weighted by molar-refractivity contribution is 7.99. The Bertz CT molecular complexity index is 688. The van der Waals surface area contributed by atoms with E-state index in [1.165, 1.54) is 0 Å². The van der Waals surface area contributed by atoms with E-state index in [1.54, 1.807) is 18.0 Å². The first-order valence-electron chi connectivity index (χ1n) is 8.18. The molecule has 0 aliphatic carbocycles. The molecule has 0 atom stereocenters. The molecule has 0 spiro atoms. The molecule has 0 aromatic heterocycles. The van der Waals surface area contributed by atoms with Crippen LogP contribution in [0.1, 0.15) is 6.42 Å². The summed E-state index contributed by atoms with van der Waals surface area (Å²) >= 11 is 0.990. The molecule has 10 heteroatoms. The fraction of sp³-hybridized carbons (Fsp3) is 0.533. The summed E-state index contributed by atoms with van der Waals surface area (Å²) in [7, 11) is -3.88. The molecule has 2 aliphatic rings. The number of morpholine rings is 1. The number of amides is 1. The largest absolute Gasteiger partial charge is 0.480 e. The minimum absolute atomic E-state index is 0.0359. The van der Waals surface area contributed by atoms with E-state index in [1.807, 2.05) is 0 Å². The van der Waals surface area contributed by atoms with Crippen LogP contribution in [0.15, 0.2) is 11.0 Å². The zero-order valence-corrected chi connectivity index (χ0v) is 16.0. The summed E-state index contributed by atoms with van der Waals surface area (Å²) < 4.78 is 39.8. The Morgan fingerprint density at radius 2 is 2.08 bits per heavy atom. The number of benzene rings is 1. The predicted octanol–water partition coefficient (Wildman–Crippen LogP) is 0.436. The van der Waals surface area contributed by atoms with Gasteiger partial charge in [0.05, 0.1) is 18.1 Å². The molecule has 25 heavy (non-hydrogen) atoms. The summed E-state index contributed by atoms with van der Waals surface area (Å²) in [5.74, 6) is -1.14. The lowest BCUT2D eigenvalue weighted by Gasteiger charge is -2.26.